The standard InChI is InChI=1S/C19H19FN6OS/c1-12-23-24-25-26(12)17-7-6-14(11-16(17)20)15(10-13-4-2-3-5-13)18(27)22-19-21-8-9-28-19/h6-11,13H,2-5H2,1H3,(H,21,22,27)/p+1/b15-10+. The Morgan fingerprint density at radius 3 is 2.86 bits per heavy atom. The minimum absolute atomic E-state index is 0.277. The van der Waals surface area contributed by atoms with Gasteiger partial charge in [-0.3, -0.25) is 10.1 Å². The number of aromatic amines is 1. The molecule has 1 fully saturated rings. The first-order chi connectivity index (χ1) is 13.6. The molecule has 0 spiro atoms. The Morgan fingerprint density at radius 1 is 1.39 bits per heavy atom. The van der Waals surface area contributed by atoms with Crippen molar-refractivity contribution >= 4 is 27.9 Å². The Bertz CT molecular complexity index is 1010. The predicted octanol–water partition coefficient (Wildman–Crippen LogP) is 3.20. The number of nitrogens with one attached hydrogen (secondary N) is 2. The minimum Gasteiger partial charge on any atom is -0.298 e. The highest BCUT2D eigenvalue weighted by Gasteiger charge is 2.22. The normalized spacial score (nSPS) is 15.1. The average molecular weight is 399 g/mol. The maximum atomic E-state index is 14.8. The number of thiazole rings is 1. The lowest BCUT2D eigenvalue weighted by Crippen LogP contribution is -2.37. The van der Waals surface area contributed by atoms with Crippen LogP contribution in [-0.2, 0) is 4.79 Å². The van der Waals surface area contributed by atoms with Gasteiger partial charge in [-0.1, -0.05) is 30.2 Å². The van der Waals surface area contributed by atoms with Crippen LogP contribution in [0.5, 0.6) is 0 Å². The second kappa shape index (κ2) is 7.97. The average Bonchev–Trinajstić information content (AvgIpc) is 3.43. The van der Waals surface area contributed by atoms with Crippen LogP contribution in [0.4, 0.5) is 9.52 Å². The molecule has 4 rings (SSSR count). The number of aryl methyl sites for hydroxylation is 1. The van der Waals surface area contributed by atoms with Crippen LogP contribution < -0.4 is 10.00 Å². The lowest BCUT2D eigenvalue weighted by molar-refractivity contribution is -0.668. The van der Waals surface area contributed by atoms with Gasteiger partial charge < -0.3 is 0 Å². The van der Waals surface area contributed by atoms with E-state index in [4.69, 9.17) is 0 Å². The molecule has 144 valence electrons. The number of carbonyl (C=O) groups is 1. The van der Waals surface area contributed by atoms with E-state index in [0.29, 0.717) is 33.7 Å². The molecule has 7 nitrogen and oxygen atoms in total. The number of H-pyrrole nitrogens is 1. The van der Waals surface area contributed by atoms with Crippen molar-refractivity contribution in [3.05, 3.63) is 53.1 Å². The maximum Gasteiger partial charge on any atom is 0.302 e. The number of allylic oxidation sites excluding steroid dienone is 1. The molecule has 0 bridgehead atoms. The van der Waals surface area contributed by atoms with E-state index in [0.717, 1.165) is 25.7 Å². The maximum absolute atomic E-state index is 14.8. The van der Waals surface area contributed by atoms with Gasteiger partial charge in [0.05, 0.1) is 0 Å². The van der Waals surface area contributed by atoms with Crippen LogP contribution in [0.25, 0.3) is 11.3 Å². The summed E-state index contributed by atoms with van der Waals surface area (Å²) in [7, 11) is 0. The van der Waals surface area contributed by atoms with Crippen molar-refractivity contribution < 1.29 is 13.9 Å². The highest BCUT2D eigenvalue weighted by atomic mass is 32.1. The molecule has 1 amide bonds. The van der Waals surface area contributed by atoms with Gasteiger partial charge in [0.1, 0.15) is 5.10 Å². The van der Waals surface area contributed by atoms with Crippen LogP contribution in [-0.4, -0.2) is 26.4 Å². The van der Waals surface area contributed by atoms with Gasteiger partial charge >= 0.3 is 5.82 Å². The Morgan fingerprint density at radius 2 is 2.21 bits per heavy atom. The number of anilines is 1. The second-order valence-electron chi connectivity index (χ2n) is 6.77. The van der Waals surface area contributed by atoms with E-state index in [1.807, 2.05) is 6.08 Å². The van der Waals surface area contributed by atoms with Crippen LogP contribution >= 0.6 is 11.3 Å². The molecule has 1 saturated carbocycles. The number of amides is 1. The third-order valence-electron chi connectivity index (χ3n) is 4.86. The van der Waals surface area contributed by atoms with Crippen molar-refractivity contribution in [1.29, 1.82) is 0 Å². The topological polar surface area (TPSA) is 87.4 Å². The van der Waals surface area contributed by atoms with Gasteiger partial charge in [0.25, 0.3) is 5.91 Å². The van der Waals surface area contributed by atoms with E-state index in [1.54, 1.807) is 30.6 Å². The van der Waals surface area contributed by atoms with Crippen molar-refractivity contribution in [1.82, 2.24) is 20.5 Å². The number of hydrogen-bond donors (Lipinski definition) is 2. The zero-order valence-electron chi connectivity index (χ0n) is 15.4. The van der Waals surface area contributed by atoms with E-state index >= 15 is 0 Å². The first kappa shape index (κ1) is 18.4. The second-order valence-corrected chi connectivity index (χ2v) is 7.66. The zero-order valence-corrected chi connectivity index (χ0v) is 16.2. The molecule has 0 atom stereocenters. The number of nitrogens with zero attached hydrogens (tertiary/aromatic N) is 4. The Hall–Kier alpha value is -2.94. The van der Waals surface area contributed by atoms with Gasteiger partial charge in [0, 0.05) is 24.1 Å². The lowest BCUT2D eigenvalue weighted by Gasteiger charge is -2.12. The summed E-state index contributed by atoms with van der Waals surface area (Å²) in [6, 6.07) is 4.75. The largest absolute Gasteiger partial charge is 0.302 e. The zero-order chi connectivity index (χ0) is 19.5. The highest BCUT2D eigenvalue weighted by Crippen LogP contribution is 2.30. The first-order valence-electron chi connectivity index (χ1n) is 9.14. The number of carbonyl (C=O) groups excluding carboxylic acids is 1. The van der Waals surface area contributed by atoms with Crippen molar-refractivity contribution in [3.8, 4) is 5.69 Å². The van der Waals surface area contributed by atoms with E-state index in [9.17, 15) is 9.18 Å². The fraction of sp³-hybridized carbons (Fsp3) is 0.316. The van der Waals surface area contributed by atoms with Crippen molar-refractivity contribution in [3.63, 3.8) is 0 Å². The number of benzene rings is 1. The summed E-state index contributed by atoms with van der Waals surface area (Å²) in [5, 5.41) is 15.3. The van der Waals surface area contributed by atoms with Gasteiger partial charge in [0.2, 0.25) is 0 Å². The smallest absolute Gasteiger partial charge is 0.298 e. The summed E-state index contributed by atoms with van der Waals surface area (Å²) >= 11 is 1.35. The number of tetrazole rings is 1. The molecule has 1 aliphatic rings. The third-order valence-corrected chi connectivity index (χ3v) is 5.55. The SMILES string of the molecule is Cc1nn[nH][n+]1-c1ccc(/C(=C\C2CCCC2)C(=O)Nc2nccs2)cc1F. The molecule has 2 N–H and O–H groups in total. The molecule has 9 heteroatoms. The Balaban J connectivity index is 1.68. The van der Waals surface area contributed by atoms with Gasteiger partial charge in [-0.25, -0.2) is 9.37 Å². The van der Waals surface area contributed by atoms with Crippen molar-refractivity contribution in [2.45, 2.75) is 32.6 Å². The molecule has 3 aromatic rings. The number of rotatable bonds is 5. The fourth-order valence-electron chi connectivity index (χ4n) is 3.45. The Labute approximate surface area is 165 Å². The Kier molecular flexibility index (Phi) is 5.25. The van der Waals surface area contributed by atoms with Gasteiger partial charge in [-0.15, -0.1) is 16.0 Å². The fourth-order valence-corrected chi connectivity index (χ4v) is 3.98. The summed E-state index contributed by atoms with van der Waals surface area (Å²) in [5.74, 6) is 0.125. The van der Waals surface area contributed by atoms with Gasteiger partial charge in [-0.05, 0) is 36.5 Å². The molecule has 0 unspecified atom stereocenters. The summed E-state index contributed by atoms with van der Waals surface area (Å²) in [5.41, 5.74) is 1.30. The summed E-state index contributed by atoms with van der Waals surface area (Å²) in [6.45, 7) is 1.73. The monoisotopic (exact) mass is 399 g/mol. The number of halogens is 1. The molecular formula is C19H20FN6OS+. The summed E-state index contributed by atoms with van der Waals surface area (Å²) < 4.78 is 16.3. The van der Waals surface area contributed by atoms with E-state index in [2.05, 4.69) is 25.8 Å². The minimum atomic E-state index is -0.462. The van der Waals surface area contributed by atoms with Crippen LogP contribution in [0.15, 0.2) is 35.9 Å². The molecule has 0 aliphatic heterocycles. The van der Waals surface area contributed by atoms with Gasteiger partial charge in [-0.2, -0.15) is 0 Å². The third kappa shape index (κ3) is 3.84. The lowest BCUT2D eigenvalue weighted by atomic mass is 9.97. The number of aromatic nitrogens is 5. The van der Waals surface area contributed by atoms with E-state index in [-0.39, 0.29) is 5.91 Å². The van der Waals surface area contributed by atoms with E-state index < -0.39 is 5.82 Å². The molecule has 1 aliphatic carbocycles. The summed E-state index contributed by atoms with van der Waals surface area (Å²) in [4.78, 5) is 17.0. The molecular weight excluding hydrogens is 379 g/mol. The van der Waals surface area contributed by atoms with Gasteiger partial charge in [0.15, 0.2) is 21.8 Å². The highest BCUT2D eigenvalue weighted by molar-refractivity contribution is 7.13. The molecule has 28 heavy (non-hydrogen) atoms. The van der Waals surface area contributed by atoms with Crippen LogP contribution in [0, 0.1) is 18.7 Å². The quantitative estimate of drug-likeness (QED) is 0.509. The molecule has 0 radical (unpaired) electrons. The van der Waals surface area contributed by atoms with Crippen molar-refractivity contribution in [2.75, 3.05) is 5.32 Å². The van der Waals surface area contributed by atoms with Crippen LogP contribution in [0.1, 0.15) is 37.1 Å². The van der Waals surface area contributed by atoms with Crippen molar-refractivity contribution in [2.24, 2.45) is 5.92 Å². The molecule has 1 aromatic carbocycles. The van der Waals surface area contributed by atoms with E-state index in [1.165, 1.54) is 22.1 Å². The first-order valence-corrected chi connectivity index (χ1v) is 10.0. The summed E-state index contributed by atoms with van der Waals surface area (Å²) in [6.07, 6.45) is 8.00. The van der Waals surface area contributed by atoms with Crippen LogP contribution in [0.2, 0.25) is 0 Å². The number of hydrogen-bond acceptors (Lipinski definition) is 5. The molecule has 0 saturated heterocycles. The predicted molar refractivity (Wildman–Crippen MR) is 103 cm³/mol. The molecule has 2 heterocycles. The molecule has 2 aromatic heterocycles. The van der Waals surface area contributed by atoms with Crippen LogP contribution in [0.3, 0.4) is 0 Å².